The number of fused-ring (bicyclic) bond motifs is 2. The molecule has 0 radical (unpaired) electrons. The highest BCUT2D eigenvalue weighted by molar-refractivity contribution is 6.33. The Morgan fingerprint density at radius 2 is 2.10 bits per heavy atom. The number of aromatic nitrogens is 3. The first-order valence-corrected chi connectivity index (χ1v) is 6.73. The van der Waals surface area contributed by atoms with Crippen LogP contribution in [0, 0.1) is 0 Å². The van der Waals surface area contributed by atoms with Gasteiger partial charge < -0.3 is 11.1 Å². The van der Waals surface area contributed by atoms with Crippen LogP contribution in [0.4, 0.5) is 5.69 Å². The number of benzene rings is 2. The molecular formula is C14H10ClN5O. The second-order valence-corrected chi connectivity index (χ2v) is 5.25. The van der Waals surface area contributed by atoms with Crippen LogP contribution in [-0.4, -0.2) is 20.9 Å². The van der Waals surface area contributed by atoms with Crippen LogP contribution in [0.3, 0.4) is 0 Å². The Morgan fingerprint density at radius 1 is 1.29 bits per heavy atom. The van der Waals surface area contributed by atoms with Crippen LogP contribution >= 0.6 is 11.6 Å². The van der Waals surface area contributed by atoms with E-state index >= 15 is 0 Å². The Hall–Kier alpha value is -2.44. The first-order chi connectivity index (χ1) is 10.1. The van der Waals surface area contributed by atoms with Gasteiger partial charge in [0, 0.05) is 11.3 Å². The molecule has 21 heavy (non-hydrogen) atoms. The molecular weight excluding hydrogens is 290 g/mol. The zero-order valence-corrected chi connectivity index (χ0v) is 11.5. The Labute approximate surface area is 124 Å². The Bertz CT molecular complexity index is 888. The highest BCUT2D eigenvalue weighted by atomic mass is 35.5. The molecule has 0 saturated heterocycles. The number of nitrogens with two attached hydrogens (primary N) is 1. The number of hydrogen-bond donors (Lipinski definition) is 2. The van der Waals surface area contributed by atoms with E-state index < -0.39 is 6.04 Å². The summed E-state index contributed by atoms with van der Waals surface area (Å²) in [7, 11) is 0. The van der Waals surface area contributed by atoms with Crippen LogP contribution in [0.1, 0.15) is 11.6 Å². The number of hydrogen-bond acceptors (Lipinski definition) is 4. The molecule has 1 unspecified atom stereocenters. The summed E-state index contributed by atoms with van der Waals surface area (Å²) in [5, 5.41) is 11.4. The highest BCUT2D eigenvalue weighted by Gasteiger charge is 2.28. The van der Waals surface area contributed by atoms with Crippen molar-refractivity contribution < 1.29 is 4.79 Å². The van der Waals surface area contributed by atoms with Crippen LogP contribution in [-0.2, 0) is 4.79 Å². The second-order valence-electron chi connectivity index (χ2n) is 4.85. The number of nitrogens with zero attached hydrogens (tertiary/aromatic N) is 3. The van der Waals surface area contributed by atoms with Crippen molar-refractivity contribution in [3.63, 3.8) is 0 Å². The normalized spacial score (nSPS) is 17.0. The maximum atomic E-state index is 11.6. The van der Waals surface area contributed by atoms with Crippen LogP contribution in [0.2, 0.25) is 5.02 Å². The third-order valence-electron chi connectivity index (χ3n) is 3.57. The number of halogens is 1. The van der Waals surface area contributed by atoms with Crippen LogP contribution < -0.4 is 11.1 Å². The molecule has 1 aromatic heterocycles. The molecule has 0 saturated carbocycles. The molecule has 0 bridgehead atoms. The van der Waals surface area contributed by atoms with Crippen molar-refractivity contribution in [1.82, 2.24) is 15.0 Å². The summed E-state index contributed by atoms with van der Waals surface area (Å²) in [6.45, 7) is 0. The van der Waals surface area contributed by atoms with Gasteiger partial charge in [0.05, 0.1) is 16.2 Å². The van der Waals surface area contributed by atoms with Gasteiger partial charge in [-0.05, 0) is 24.3 Å². The van der Waals surface area contributed by atoms with E-state index in [4.69, 9.17) is 17.3 Å². The van der Waals surface area contributed by atoms with Crippen molar-refractivity contribution in [2.75, 3.05) is 5.32 Å². The fraction of sp³-hybridized carbons (Fsp3) is 0.0714. The number of para-hydroxylation sites is 1. The van der Waals surface area contributed by atoms with Gasteiger partial charge >= 0.3 is 0 Å². The molecule has 3 N–H and O–H groups in total. The van der Waals surface area contributed by atoms with E-state index in [9.17, 15) is 4.79 Å². The maximum Gasteiger partial charge on any atom is 0.245 e. The molecule has 1 atom stereocenters. The smallest absolute Gasteiger partial charge is 0.245 e. The second kappa shape index (κ2) is 4.28. The van der Waals surface area contributed by atoms with Crippen LogP contribution in [0.25, 0.3) is 16.7 Å². The van der Waals surface area contributed by atoms with Crippen LogP contribution in [0.15, 0.2) is 36.4 Å². The molecule has 104 valence electrons. The van der Waals surface area contributed by atoms with E-state index in [1.165, 1.54) is 0 Å². The molecule has 6 nitrogen and oxygen atoms in total. The van der Waals surface area contributed by atoms with Gasteiger partial charge in [0.25, 0.3) is 0 Å². The molecule has 1 aliphatic heterocycles. The molecule has 7 heteroatoms. The fourth-order valence-corrected chi connectivity index (χ4v) is 2.76. The van der Waals surface area contributed by atoms with Gasteiger partial charge in [-0.15, -0.1) is 5.10 Å². The highest BCUT2D eigenvalue weighted by Crippen LogP contribution is 2.36. The minimum Gasteiger partial charge on any atom is -0.324 e. The third kappa shape index (κ3) is 1.73. The summed E-state index contributed by atoms with van der Waals surface area (Å²) < 4.78 is 1.65. The van der Waals surface area contributed by atoms with Gasteiger partial charge in [-0.3, -0.25) is 4.79 Å². The van der Waals surface area contributed by atoms with Crippen molar-refractivity contribution in [2.24, 2.45) is 5.73 Å². The molecule has 4 rings (SSSR count). The summed E-state index contributed by atoms with van der Waals surface area (Å²) in [5.74, 6) is -0.235. The van der Waals surface area contributed by atoms with Gasteiger partial charge in [0.2, 0.25) is 5.91 Å². The topological polar surface area (TPSA) is 85.8 Å². The summed E-state index contributed by atoms with van der Waals surface area (Å²) in [6, 6.07) is 10.4. The average Bonchev–Trinajstić information content (AvgIpc) is 3.02. The lowest BCUT2D eigenvalue weighted by Gasteiger charge is -2.08. The van der Waals surface area contributed by atoms with Crippen molar-refractivity contribution in [1.29, 1.82) is 0 Å². The molecule has 1 amide bonds. The zero-order valence-electron chi connectivity index (χ0n) is 10.7. The van der Waals surface area contributed by atoms with Crippen molar-refractivity contribution in [2.45, 2.75) is 6.04 Å². The first kappa shape index (κ1) is 12.3. The molecule has 1 aliphatic rings. The average molecular weight is 300 g/mol. The van der Waals surface area contributed by atoms with E-state index in [0.717, 1.165) is 11.0 Å². The summed E-state index contributed by atoms with van der Waals surface area (Å²) >= 11 is 6.33. The van der Waals surface area contributed by atoms with E-state index in [1.54, 1.807) is 16.8 Å². The SMILES string of the molecule is NC1C(=O)Nc2cc(-n3nnc4ccccc43)c(Cl)cc21. The molecule has 3 aromatic rings. The quantitative estimate of drug-likeness (QED) is 0.720. The molecule has 0 aliphatic carbocycles. The van der Waals surface area contributed by atoms with Gasteiger partial charge in [0.1, 0.15) is 11.6 Å². The van der Waals surface area contributed by atoms with Gasteiger partial charge in [-0.2, -0.15) is 0 Å². The van der Waals surface area contributed by atoms with E-state index in [0.29, 0.717) is 22.0 Å². The number of anilines is 1. The number of amides is 1. The van der Waals surface area contributed by atoms with E-state index in [-0.39, 0.29) is 5.91 Å². The number of nitrogens with one attached hydrogen (secondary N) is 1. The number of carbonyl (C=O) groups is 1. The standard InChI is InChI=1S/C14H10ClN5O/c15-8-5-7-10(17-14(21)13(7)16)6-12(8)20-11-4-2-1-3-9(11)18-19-20/h1-6,13H,16H2,(H,17,21). The Balaban J connectivity index is 1.94. The number of carbonyl (C=O) groups excluding carboxylic acids is 1. The number of rotatable bonds is 1. The lowest BCUT2D eigenvalue weighted by Crippen LogP contribution is -2.19. The summed E-state index contributed by atoms with van der Waals surface area (Å²) in [4.78, 5) is 11.6. The lowest BCUT2D eigenvalue weighted by atomic mass is 10.1. The largest absolute Gasteiger partial charge is 0.324 e. The molecule has 2 heterocycles. The molecule has 2 aromatic carbocycles. The first-order valence-electron chi connectivity index (χ1n) is 6.36. The Kier molecular flexibility index (Phi) is 2.51. The lowest BCUT2D eigenvalue weighted by molar-refractivity contribution is -0.116. The van der Waals surface area contributed by atoms with Crippen molar-refractivity contribution in [3.8, 4) is 5.69 Å². The van der Waals surface area contributed by atoms with Gasteiger partial charge in [-0.25, -0.2) is 4.68 Å². The predicted molar refractivity (Wildman–Crippen MR) is 79.4 cm³/mol. The fourth-order valence-electron chi connectivity index (χ4n) is 2.50. The van der Waals surface area contributed by atoms with Crippen LogP contribution in [0.5, 0.6) is 0 Å². The van der Waals surface area contributed by atoms with Crippen molar-refractivity contribution >= 4 is 34.2 Å². The van der Waals surface area contributed by atoms with Gasteiger partial charge in [-0.1, -0.05) is 28.9 Å². The monoisotopic (exact) mass is 299 g/mol. The van der Waals surface area contributed by atoms with Gasteiger partial charge in [0.15, 0.2) is 0 Å². The zero-order chi connectivity index (χ0) is 14.6. The molecule has 0 spiro atoms. The predicted octanol–water partition coefficient (Wildman–Crippen LogP) is 2.03. The van der Waals surface area contributed by atoms with E-state index in [1.807, 2.05) is 24.3 Å². The molecule has 0 fully saturated rings. The maximum absolute atomic E-state index is 11.6. The summed E-state index contributed by atoms with van der Waals surface area (Å²) in [6.07, 6.45) is 0. The minimum atomic E-state index is -0.681. The third-order valence-corrected chi connectivity index (χ3v) is 3.88. The van der Waals surface area contributed by atoms with Crippen molar-refractivity contribution in [3.05, 3.63) is 47.0 Å². The summed E-state index contributed by atoms with van der Waals surface area (Å²) in [5.41, 5.74) is 9.43. The Morgan fingerprint density at radius 3 is 2.95 bits per heavy atom. The minimum absolute atomic E-state index is 0.235. The van der Waals surface area contributed by atoms with E-state index in [2.05, 4.69) is 15.6 Å².